The summed E-state index contributed by atoms with van der Waals surface area (Å²) < 4.78 is 7.17. The van der Waals surface area contributed by atoms with E-state index in [4.69, 9.17) is 4.74 Å². The van der Waals surface area contributed by atoms with Gasteiger partial charge in [-0.2, -0.15) is 0 Å². The summed E-state index contributed by atoms with van der Waals surface area (Å²) in [6, 6.07) is 7.47. The number of likely N-dealkylation sites (N-methyl/N-ethyl adjacent to an activating group) is 1. The van der Waals surface area contributed by atoms with Gasteiger partial charge in [0.15, 0.2) is 0 Å². The molecule has 2 heterocycles. The van der Waals surface area contributed by atoms with Crippen LogP contribution in [0.15, 0.2) is 49.2 Å². The molecule has 0 spiro atoms. The van der Waals surface area contributed by atoms with Gasteiger partial charge in [-0.1, -0.05) is 12.1 Å². The van der Waals surface area contributed by atoms with E-state index in [-0.39, 0.29) is 11.9 Å². The van der Waals surface area contributed by atoms with Crippen LogP contribution in [0, 0.1) is 0 Å². The molecule has 0 aliphatic carbocycles. The molecule has 1 amide bonds. The number of hydrogen-bond acceptors (Lipinski definition) is 4. The van der Waals surface area contributed by atoms with Crippen LogP contribution in [0.5, 0.6) is 5.75 Å². The van der Waals surface area contributed by atoms with Crippen molar-refractivity contribution in [1.29, 1.82) is 0 Å². The number of methoxy groups -OCH3 is 1. The van der Waals surface area contributed by atoms with Crippen molar-refractivity contribution in [2.75, 3.05) is 14.2 Å². The third-order valence-corrected chi connectivity index (χ3v) is 4.16. The average molecular weight is 324 g/mol. The number of pyridine rings is 1. The lowest BCUT2D eigenvalue weighted by atomic mass is 10.1. The summed E-state index contributed by atoms with van der Waals surface area (Å²) in [7, 11) is 3.44. The van der Waals surface area contributed by atoms with Gasteiger partial charge >= 0.3 is 0 Å². The lowest BCUT2D eigenvalue weighted by molar-refractivity contribution is -0.133. The van der Waals surface area contributed by atoms with Gasteiger partial charge in [0.1, 0.15) is 17.3 Å². The third-order valence-electron chi connectivity index (χ3n) is 4.16. The molecule has 6 nitrogen and oxygen atoms in total. The van der Waals surface area contributed by atoms with E-state index in [9.17, 15) is 4.79 Å². The molecule has 1 aromatic carbocycles. The number of ether oxygens (including phenoxy) is 1. The molecule has 0 fully saturated rings. The van der Waals surface area contributed by atoms with E-state index in [1.165, 1.54) is 0 Å². The summed E-state index contributed by atoms with van der Waals surface area (Å²) in [5, 5.41) is 0.992. The standard InChI is InChI=1S/C18H20N4O2/c1-13(22-10-9-19-12-22)18(23)21(2)11-14-6-7-16(24-3)17-15(14)5-4-8-20-17/h4-10,12-13H,11H2,1-3H3. The van der Waals surface area contributed by atoms with E-state index >= 15 is 0 Å². The first-order valence-electron chi connectivity index (χ1n) is 7.75. The van der Waals surface area contributed by atoms with Crippen LogP contribution in [0.4, 0.5) is 0 Å². The number of rotatable bonds is 5. The van der Waals surface area contributed by atoms with Gasteiger partial charge in [-0.25, -0.2) is 4.98 Å². The Hall–Kier alpha value is -2.89. The van der Waals surface area contributed by atoms with Gasteiger partial charge in [0.05, 0.1) is 13.4 Å². The van der Waals surface area contributed by atoms with Crippen molar-refractivity contribution in [2.45, 2.75) is 19.5 Å². The van der Waals surface area contributed by atoms with Crippen LogP contribution in [0.2, 0.25) is 0 Å². The minimum Gasteiger partial charge on any atom is -0.494 e. The molecular formula is C18H20N4O2. The first-order valence-corrected chi connectivity index (χ1v) is 7.75. The Morgan fingerprint density at radius 1 is 1.33 bits per heavy atom. The topological polar surface area (TPSA) is 60.2 Å². The van der Waals surface area contributed by atoms with E-state index in [1.54, 1.807) is 41.5 Å². The van der Waals surface area contributed by atoms with Crippen molar-refractivity contribution < 1.29 is 9.53 Å². The third kappa shape index (κ3) is 2.95. The SMILES string of the molecule is COc1ccc(CN(C)C(=O)C(C)n2ccnc2)c2cccnc12. The van der Waals surface area contributed by atoms with Gasteiger partial charge in [0.25, 0.3) is 0 Å². The highest BCUT2D eigenvalue weighted by molar-refractivity contribution is 5.88. The molecule has 1 atom stereocenters. The Kier molecular flexibility index (Phi) is 4.46. The lowest BCUT2D eigenvalue weighted by Crippen LogP contribution is -2.32. The molecule has 1 unspecified atom stereocenters. The van der Waals surface area contributed by atoms with Gasteiger partial charge in [-0.15, -0.1) is 0 Å². The Bertz CT molecular complexity index is 845. The van der Waals surface area contributed by atoms with Gasteiger partial charge in [0.2, 0.25) is 5.91 Å². The molecule has 24 heavy (non-hydrogen) atoms. The zero-order valence-corrected chi connectivity index (χ0v) is 14.0. The molecule has 0 radical (unpaired) electrons. The highest BCUT2D eigenvalue weighted by Gasteiger charge is 2.19. The van der Waals surface area contributed by atoms with Crippen LogP contribution < -0.4 is 4.74 Å². The Labute approximate surface area is 140 Å². The smallest absolute Gasteiger partial charge is 0.245 e. The second-order valence-corrected chi connectivity index (χ2v) is 5.71. The minimum atomic E-state index is -0.292. The quantitative estimate of drug-likeness (QED) is 0.724. The van der Waals surface area contributed by atoms with Gasteiger partial charge in [0, 0.05) is 37.6 Å². The first kappa shape index (κ1) is 16.0. The molecule has 0 saturated heterocycles. The van der Waals surface area contributed by atoms with Crippen molar-refractivity contribution in [3.8, 4) is 5.75 Å². The van der Waals surface area contributed by atoms with Crippen molar-refractivity contribution in [2.24, 2.45) is 0 Å². The number of nitrogens with zero attached hydrogens (tertiary/aromatic N) is 4. The summed E-state index contributed by atoms with van der Waals surface area (Å²) in [5.41, 5.74) is 1.84. The van der Waals surface area contributed by atoms with E-state index in [2.05, 4.69) is 9.97 Å². The summed E-state index contributed by atoms with van der Waals surface area (Å²) in [6.07, 6.45) is 6.86. The van der Waals surface area contributed by atoms with Gasteiger partial charge in [-0.3, -0.25) is 9.78 Å². The first-order chi connectivity index (χ1) is 11.6. The van der Waals surface area contributed by atoms with Crippen molar-refractivity contribution in [3.05, 3.63) is 54.7 Å². The zero-order chi connectivity index (χ0) is 17.1. The Balaban J connectivity index is 1.86. The number of carbonyl (C=O) groups excluding carboxylic acids is 1. The molecule has 0 aliphatic rings. The maximum absolute atomic E-state index is 12.6. The number of fused-ring (bicyclic) bond motifs is 1. The maximum Gasteiger partial charge on any atom is 0.245 e. The fourth-order valence-electron chi connectivity index (χ4n) is 2.79. The van der Waals surface area contributed by atoms with Crippen molar-refractivity contribution in [1.82, 2.24) is 19.4 Å². The molecule has 0 saturated carbocycles. The molecule has 6 heteroatoms. The predicted octanol–water partition coefficient (Wildman–Crippen LogP) is 2.66. The largest absolute Gasteiger partial charge is 0.494 e. The Morgan fingerprint density at radius 3 is 2.88 bits per heavy atom. The number of carbonyl (C=O) groups is 1. The maximum atomic E-state index is 12.6. The summed E-state index contributed by atoms with van der Waals surface area (Å²) in [4.78, 5) is 22.8. The van der Waals surface area contributed by atoms with Crippen molar-refractivity contribution >= 4 is 16.8 Å². The van der Waals surface area contributed by atoms with E-state index < -0.39 is 0 Å². The van der Waals surface area contributed by atoms with E-state index in [0.29, 0.717) is 6.54 Å². The predicted molar refractivity (Wildman–Crippen MR) is 91.7 cm³/mol. The zero-order valence-electron chi connectivity index (χ0n) is 14.0. The number of imidazole rings is 1. The molecular weight excluding hydrogens is 304 g/mol. The van der Waals surface area contributed by atoms with Gasteiger partial charge < -0.3 is 14.2 Å². The van der Waals surface area contributed by atoms with E-state index in [1.807, 2.05) is 38.2 Å². The molecule has 124 valence electrons. The average Bonchev–Trinajstić information content (AvgIpc) is 3.15. The monoisotopic (exact) mass is 324 g/mol. The fraction of sp³-hybridized carbons (Fsp3) is 0.278. The van der Waals surface area contributed by atoms with Crippen LogP contribution in [0.1, 0.15) is 18.5 Å². The summed E-state index contributed by atoms with van der Waals surface area (Å²) in [6.45, 7) is 2.37. The van der Waals surface area contributed by atoms with Crippen LogP contribution in [-0.2, 0) is 11.3 Å². The number of aromatic nitrogens is 3. The summed E-state index contributed by atoms with van der Waals surface area (Å²) >= 11 is 0. The molecule has 0 N–H and O–H groups in total. The van der Waals surface area contributed by atoms with Gasteiger partial charge in [-0.05, 0) is 24.6 Å². The number of hydrogen-bond donors (Lipinski definition) is 0. The fourth-order valence-corrected chi connectivity index (χ4v) is 2.79. The molecule has 3 rings (SSSR count). The molecule has 0 bridgehead atoms. The number of benzene rings is 1. The molecule has 3 aromatic rings. The normalized spacial score (nSPS) is 12.1. The summed E-state index contributed by atoms with van der Waals surface area (Å²) in [5.74, 6) is 0.760. The van der Waals surface area contributed by atoms with Crippen LogP contribution >= 0.6 is 0 Å². The Morgan fingerprint density at radius 2 is 2.17 bits per heavy atom. The second kappa shape index (κ2) is 6.70. The molecule has 2 aromatic heterocycles. The number of amides is 1. The highest BCUT2D eigenvalue weighted by Crippen LogP contribution is 2.27. The van der Waals surface area contributed by atoms with Crippen molar-refractivity contribution in [3.63, 3.8) is 0 Å². The minimum absolute atomic E-state index is 0.0286. The molecule has 0 aliphatic heterocycles. The van der Waals surface area contributed by atoms with Crippen LogP contribution in [0.3, 0.4) is 0 Å². The second-order valence-electron chi connectivity index (χ2n) is 5.71. The highest BCUT2D eigenvalue weighted by atomic mass is 16.5. The lowest BCUT2D eigenvalue weighted by Gasteiger charge is -2.23. The van der Waals surface area contributed by atoms with E-state index in [0.717, 1.165) is 22.2 Å². The van der Waals surface area contributed by atoms with Crippen LogP contribution in [-0.4, -0.2) is 39.5 Å². The van der Waals surface area contributed by atoms with Crippen LogP contribution in [0.25, 0.3) is 10.9 Å².